The monoisotopic (exact) mass is 286 g/mol. The fraction of sp³-hybridized carbons (Fsp3) is 0.857. The first-order valence-corrected chi connectivity index (χ1v) is 7.32. The van der Waals surface area contributed by atoms with Gasteiger partial charge >= 0.3 is 5.97 Å². The maximum Gasteiger partial charge on any atom is 0.306 e. The van der Waals surface area contributed by atoms with Crippen molar-refractivity contribution in [1.82, 2.24) is 10.6 Å². The molecule has 1 amide bonds. The summed E-state index contributed by atoms with van der Waals surface area (Å²) in [6.45, 7) is 5.74. The van der Waals surface area contributed by atoms with Crippen LogP contribution in [0.1, 0.15) is 39.5 Å². The lowest BCUT2D eigenvalue weighted by Gasteiger charge is -2.24. The van der Waals surface area contributed by atoms with E-state index >= 15 is 0 Å². The number of carboxylic acid groups (broad SMARTS) is 1. The van der Waals surface area contributed by atoms with Crippen molar-refractivity contribution in [2.45, 2.75) is 51.6 Å². The number of hydrogen-bond donors (Lipinski definition) is 3. The Balaban J connectivity index is 2.12. The second kappa shape index (κ2) is 8.92. The second-order valence-corrected chi connectivity index (χ2v) is 5.57. The van der Waals surface area contributed by atoms with Gasteiger partial charge < -0.3 is 20.5 Å². The summed E-state index contributed by atoms with van der Waals surface area (Å²) in [5.74, 6) is -1.06. The Morgan fingerprint density at radius 2 is 2.15 bits per heavy atom. The average molecular weight is 286 g/mol. The van der Waals surface area contributed by atoms with E-state index in [1.165, 1.54) is 0 Å². The zero-order valence-corrected chi connectivity index (χ0v) is 12.4. The summed E-state index contributed by atoms with van der Waals surface area (Å²) >= 11 is 0. The lowest BCUT2D eigenvalue weighted by Crippen LogP contribution is -2.45. The predicted octanol–water partition coefficient (Wildman–Crippen LogP) is 0.761. The smallest absolute Gasteiger partial charge is 0.306 e. The van der Waals surface area contributed by atoms with Gasteiger partial charge in [-0.2, -0.15) is 0 Å². The van der Waals surface area contributed by atoms with E-state index in [0.717, 1.165) is 19.4 Å². The summed E-state index contributed by atoms with van der Waals surface area (Å²) in [5.41, 5.74) is 0. The molecule has 6 heteroatoms. The number of ether oxygens (including phenoxy) is 1. The average Bonchev–Trinajstić information content (AvgIpc) is 2.39. The highest BCUT2D eigenvalue weighted by atomic mass is 16.5. The fourth-order valence-corrected chi connectivity index (χ4v) is 2.23. The van der Waals surface area contributed by atoms with Crippen LogP contribution in [0.15, 0.2) is 0 Å². The molecule has 0 aromatic heterocycles. The number of carbonyl (C=O) groups is 2. The van der Waals surface area contributed by atoms with E-state index < -0.39 is 5.97 Å². The molecule has 1 rings (SSSR count). The summed E-state index contributed by atoms with van der Waals surface area (Å²) in [5, 5.41) is 15.0. The minimum absolute atomic E-state index is 0.0202. The Hall–Kier alpha value is -1.14. The molecule has 0 saturated carbocycles. The van der Waals surface area contributed by atoms with Gasteiger partial charge in [-0.1, -0.05) is 13.3 Å². The van der Waals surface area contributed by atoms with Gasteiger partial charge in [-0.15, -0.1) is 0 Å². The van der Waals surface area contributed by atoms with Crippen molar-refractivity contribution in [1.29, 1.82) is 0 Å². The highest BCUT2D eigenvalue weighted by Crippen LogP contribution is 2.10. The Labute approximate surface area is 120 Å². The summed E-state index contributed by atoms with van der Waals surface area (Å²) in [6.07, 6.45) is 2.68. The van der Waals surface area contributed by atoms with Crippen molar-refractivity contribution in [2.24, 2.45) is 5.92 Å². The zero-order valence-electron chi connectivity index (χ0n) is 12.4. The lowest BCUT2D eigenvalue weighted by molar-refractivity contribution is -0.141. The molecule has 0 bridgehead atoms. The molecule has 0 spiro atoms. The van der Waals surface area contributed by atoms with Crippen LogP contribution < -0.4 is 10.6 Å². The summed E-state index contributed by atoms with van der Waals surface area (Å²) < 4.78 is 5.30. The molecule has 1 heterocycles. The fourth-order valence-electron chi connectivity index (χ4n) is 2.23. The van der Waals surface area contributed by atoms with Gasteiger partial charge in [-0.3, -0.25) is 9.59 Å². The first kappa shape index (κ1) is 16.9. The van der Waals surface area contributed by atoms with Crippen LogP contribution in [0.25, 0.3) is 0 Å². The number of hydrogen-bond acceptors (Lipinski definition) is 4. The quantitative estimate of drug-likeness (QED) is 0.613. The Morgan fingerprint density at radius 3 is 2.75 bits per heavy atom. The molecular formula is C14H26N2O4. The molecule has 3 N–H and O–H groups in total. The summed E-state index contributed by atoms with van der Waals surface area (Å²) in [4.78, 5) is 22.5. The van der Waals surface area contributed by atoms with Crippen LogP contribution in [0.5, 0.6) is 0 Å². The van der Waals surface area contributed by atoms with E-state index in [2.05, 4.69) is 10.6 Å². The van der Waals surface area contributed by atoms with Gasteiger partial charge in [0.25, 0.3) is 0 Å². The van der Waals surface area contributed by atoms with Gasteiger partial charge in [0.15, 0.2) is 0 Å². The van der Waals surface area contributed by atoms with E-state index in [4.69, 9.17) is 9.84 Å². The number of rotatable bonds is 8. The highest BCUT2D eigenvalue weighted by Gasteiger charge is 2.18. The third kappa shape index (κ3) is 6.86. The van der Waals surface area contributed by atoms with Crippen molar-refractivity contribution >= 4 is 11.9 Å². The van der Waals surface area contributed by atoms with E-state index in [0.29, 0.717) is 26.1 Å². The normalized spacial score (nSPS) is 22.0. The van der Waals surface area contributed by atoms with Crippen molar-refractivity contribution in [3.63, 3.8) is 0 Å². The first-order valence-electron chi connectivity index (χ1n) is 7.32. The van der Waals surface area contributed by atoms with Gasteiger partial charge in [-0.25, -0.2) is 0 Å². The molecule has 1 aliphatic rings. The molecule has 1 saturated heterocycles. The predicted molar refractivity (Wildman–Crippen MR) is 75.5 cm³/mol. The second-order valence-electron chi connectivity index (χ2n) is 5.57. The molecule has 0 aromatic rings. The van der Waals surface area contributed by atoms with Crippen molar-refractivity contribution in [3.05, 3.63) is 0 Å². The molecule has 0 aromatic carbocycles. The maximum atomic E-state index is 11.8. The number of carbonyl (C=O) groups excluding carboxylic acids is 1. The molecule has 3 unspecified atom stereocenters. The van der Waals surface area contributed by atoms with Gasteiger partial charge in [-0.05, 0) is 19.8 Å². The SMILES string of the molecule is CC(CCCC(C)C(=O)O)NC(=O)CC1COCCN1. The van der Waals surface area contributed by atoms with Crippen LogP contribution in [0, 0.1) is 5.92 Å². The Morgan fingerprint density at radius 1 is 1.40 bits per heavy atom. The van der Waals surface area contributed by atoms with Crippen molar-refractivity contribution in [2.75, 3.05) is 19.8 Å². The number of carboxylic acids is 1. The molecule has 6 nitrogen and oxygen atoms in total. The molecule has 0 radical (unpaired) electrons. The topological polar surface area (TPSA) is 87.7 Å². The van der Waals surface area contributed by atoms with Crippen LogP contribution in [-0.4, -0.2) is 48.8 Å². The van der Waals surface area contributed by atoms with E-state index in [1.807, 2.05) is 6.92 Å². The molecule has 1 fully saturated rings. The van der Waals surface area contributed by atoms with E-state index in [9.17, 15) is 9.59 Å². The Bertz CT molecular complexity index is 316. The summed E-state index contributed by atoms with van der Waals surface area (Å²) in [7, 11) is 0. The number of nitrogens with one attached hydrogen (secondary N) is 2. The molecule has 116 valence electrons. The zero-order chi connectivity index (χ0) is 15.0. The van der Waals surface area contributed by atoms with Crippen LogP contribution in [0.4, 0.5) is 0 Å². The number of amides is 1. The standard InChI is InChI=1S/C14H26N2O4/c1-10(14(18)19)4-3-5-11(2)16-13(17)8-12-9-20-7-6-15-12/h10-12,15H,3-9H2,1-2H3,(H,16,17)(H,18,19). The minimum atomic E-state index is -0.759. The lowest BCUT2D eigenvalue weighted by atomic mass is 10.0. The Kier molecular flexibility index (Phi) is 7.54. The third-order valence-corrected chi connectivity index (χ3v) is 3.53. The van der Waals surface area contributed by atoms with Crippen LogP contribution >= 0.6 is 0 Å². The van der Waals surface area contributed by atoms with Gasteiger partial charge in [0.05, 0.1) is 19.1 Å². The molecule has 1 aliphatic heterocycles. The van der Waals surface area contributed by atoms with Crippen molar-refractivity contribution in [3.8, 4) is 0 Å². The van der Waals surface area contributed by atoms with E-state index in [1.54, 1.807) is 6.92 Å². The van der Waals surface area contributed by atoms with Gasteiger partial charge in [0.1, 0.15) is 0 Å². The van der Waals surface area contributed by atoms with Gasteiger partial charge in [0, 0.05) is 25.0 Å². The third-order valence-electron chi connectivity index (χ3n) is 3.53. The van der Waals surface area contributed by atoms with E-state index in [-0.39, 0.29) is 23.9 Å². The molecule has 3 atom stereocenters. The molecule has 20 heavy (non-hydrogen) atoms. The van der Waals surface area contributed by atoms with Crippen molar-refractivity contribution < 1.29 is 19.4 Å². The minimum Gasteiger partial charge on any atom is -0.481 e. The van der Waals surface area contributed by atoms with Crippen LogP contribution in [0.3, 0.4) is 0 Å². The number of aliphatic carboxylic acids is 1. The molecular weight excluding hydrogens is 260 g/mol. The maximum absolute atomic E-state index is 11.8. The van der Waals surface area contributed by atoms with Crippen LogP contribution in [-0.2, 0) is 14.3 Å². The largest absolute Gasteiger partial charge is 0.481 e. The van der Waals surface area contributed by atoms with Crippen LogP contribution in [0.2, 0.25) is 0 Å². The van der Waals surface area contributed by atoms with Gasteiger partial charge in [0.2, 0.25) is 5.91 Å². The summed E-state index contributed by atoms with van der Waals surface area (Å²) in [6, 6.07) is 0.177. The number of morpholine rings is 1. The highest BCUT2D eigenvalue weighted by molar-refractivity contribution is 5.76. The molecule has 0 aliphatic carbocycles. The first-order chi connectivity index (χ1) is 9.49.